The van der Waals surface area contributed by atoms with E-state index in [9.17, 15) is 0 Å². The van der Waals surface area contributed by atoms with Crippen LogP contribution in [0.25, 0.3) is 11.3 Å². The fourth-order valence-corrected chi connectivity index (χ4v) is 3.25. The minimum absolute atomic E-state index is 0.540. The van der Waals surface area contributed by atoms with Crippen LogP contribution in [0.5, 0.6) is 23.0 Å². The van der Waals surface area contributed by atoms with Gasteiger partial charge in [0.2, 0.25) is 10.9 Å². The summed E-state index contributed by atoms with van der Waals surface area (Å²) in [6.07, 6.45) is 1.66. The van der Waals surface area contributed by atoms with E-state index >= 15 is 0 Å². The van der Waals surface area contributed by atoms with E-state index < -0.39 is 0 Å². The summed E-state index contributed by atoms with van der Waals surface area (Å²) < 4.78 is 21.3. The van der Waals surface area contributed by atoms with Gasteiger partial charge in [-0.25, -0.2) is 4.98 Å². The number of thiazole rings is 1. The SMILES string of the molecule is COc1cccc(-c2csc(N/N=C\c3cc(OC)c(OC)c(OC)c3)n2)c1. The number of hydrogen-bond acceptors (Lipinski definition) is 8. The lowest BCUT2D eigenvalue weighted by molar-refractivity contribution is 0.324. The molecule has 3 aromatic rings. The molecule has 0 bridgehead atoms. The number of hydrogen-bond donors (Lipinski definition) is 1. The molecule has 0 fully saturated rings. The molecule has 0 unspecified atom stereocenters. The molecule has 3 rings (SSSR count). The van der Waals surface area contributed by atoms with Gasteiger partial charge < -0.3 is 18.9 Å². The first-order valence-corrected chi connectivity index (χ1v) is 9.25. The molecule has 0 atom stereocenters. The van der Waals surface area contributed by atoms with Crippen LogP contribution in [-0.2, 0) is 0 Å². The predicted octanol–water partition coefficient (Wildman–Crippen LogP) is 4.29. The van der Waals surface area contributed by atoms with Crippen LogP contribution in [0.4, 0.5) is 5.13 Å². The molecule has 2 aromatic carbocycles. The summed E-state index contributed by atoms with van der Waals surface area (Å²) in [6.45, 7) is 0. The van der Waals surface area contributed by atoms with Crippen molar-refractivity contribution < 1.29 is 18.9 Å². The maximum absolute atomic E-state index is 5.35. The first-order valence-electron chi connectivity index (χ1n) is 8.37. The molecule has 1 N–H and O–H groups in total. The summed E-state index contributed by atoms with van der Waals surface area (Å²) in [6, 6.07) is 11.4. The van der Waals surface area contributed by atoms with Gasteiger partial charge in [-0.15, -0.1) is 11.3 Å². The maximum Gasteiger partial charge on any atom is 0.203 e. The van der Waals surface area contributed by atoms with Crippen molar-refractivity contribution in [2.24, 2.45) is 5.10 Å². The second-order valence-corrected chi connectivity index (χ2v) is 6.46. The van der Waals surface area contributed by atoms with E-state index in [1.165, 1.54) is 11.3 Å². The minimum Gasteiger partial charge on any atom is -0.497 e. The predicted molar refractivity (Wildman–Crippen MR) is 111 cm³/mol. The summed E-state index contributed by atoms with van der Waals surface area (Å²) >= 11 is 1.47. The molecule has 0 aliphatic rings. The van der Waals surface area contributed by atoms with Gasteiger partial charge in [-0.05, 0) is 24.3 Å². The topological polar surface area (TPSA) is 74.2 Å². The number of aromatic nitrogens is 1. The molecule has 0 saturated heterocycles. The Balaban J connectivity index is 1.74. The van der Waals surface area contributed by atoms with E-state index in [2.05, 4.69) is 15.5 Å². The Morgan fingerprint density at radius 2 is 1.71 bits per heavy atom. The summed E-state index contributed by atoms with van der Waals surface area (Å²) in [5.41, 5.74) is 5.59. The Bertz CT molecular complexity index is 947. The molecular formula is C20H21N3O4S. The molecule has 1 heterocycles. The highest BCUT2D eigenvalue weighted by atomic mass is 32.1. The van der Waals surface area contributed by atoms with Crippen LogP contribution in [0, 0.1) is 0 Å². The molecule has 7 nitrogen and oxygen atoms in total. The molecule has 0 aliphatic heterocycles. The van der Waals surface area contributed by atoms with Gasteiger partial charge in [-0.3, -0.25) is 5.43 Å². The van der Waals surface area contributed by atoms with E-state index in [0.29, 0.717) is 22.4 Å². The smallest absolute Gasteiger partial charge is 0.203 e. The number of nitrogens with zero attached hydrogens (tertiary/aromatic N) is 2. The maximum atomic E-state index is 5.35. The number of benzene rings is 2. The zero-order valence-electron chi connectivity index (χ0n) is 16.1. The van der Waals surface area contributed by atoms with Gasteiger partial charge >= 0.3 is 0 Å². The van der Waals surface area contributed by atoms with Crippen LogP contribution in [-0.4, -0.2) is 39.6 Å². The van der Waals surface area contributed by atoms with Crippen LogP contribution >= 0.6 is 11.3 Å². The van der Waals surface area contributed by atoms with Gasteiger partial charge in [0.1, 0.15) is 5.75 Å². The van der Waals surface area contributed by atoms with E-state index in [-0.39, 0.29) is 0 Å². The molecule has 0 aliphatic carbocycles. The lowest BCUT2D eigenvalue weighted by Crippen LogP contribution is -1.97. The number of ether oxygens (including phenoxy) is 4. The summed E-state index contributed by atoms with van der Waals surface area (Å²) in [7, 11) is 6.36. The first kappa shape index (κ1) is 19.5. The van der Waals surface area contributed by atoms with Crippen molar-refractivity contribution in [1.82, 2.24) is 4.98 Å². The van der Waals surface area contributed by atoms with Crippen LogP contribution in [0.3, 0.4) is 0 Å². The number of anilines is 1. The molecule has 146 valence electrons. The second-order valence-electron chi connectivity index (χ2n) is 5.60. The van der Waals surface area contributed by atoms with Crippen molar-refractivity contribution in [2.75, 3.05) is 33.9 Å². The standard InChI is InChI=1S/C20H21N3O4S/c1-24-15-7-5-6-14(10-15)16-12-28-20(22-16)23-21-11-13-8-17(25-2)19(27-4)18(9-13)26-3/h5-12H,1-4H3,(H,22,23)/b21-11-. The first-order chi connectivity index (χ1) is 13.7. The second kappa shape index (κ2) is 9.09. The molecule has 0 saturated carbocycles. The average Bonchev–Trinajstić information content (AvgIpc) is 3.22. The quantitative estimate of drug-likeness (QED) is 0.450. The third-order valence-corrected chi connectivity index (χ3v) is 4.68. The summed E-state index contributed by atoms with van der Waals surface area (Å²) in [5, 5.41) is 6.90. The Kier molecular flexibility index (Phi) is 6.33. The summed E-state index contributed by atoms with van der Waals surface area (Å²) in [4.78, 5) is 4.55. The highest BCUT2D eigenvalue weighted by Crippen LogP contribution is 2.37. The fraction of sp³-hybridized carbons (Fsp3) is 0.200. The van der Waals surface area contributed by atoms with Gasteiger partial charge in [0.15, 0.2) is 11.5 Å². The zero-order valence-corrected chi connectivity index (χ0v) is 16.9. The number of methoxy groups -OCH3 is 4. The van der Waals surface area contributed by atoms with Gasteiger partial charge in [0, 0.05) is 16.5 Å². The minimum atomic E-state index is 0.540. The Labute approximate surface area is 167 Å². The van der Waals surface area contributed by atoms with Crippen molar-refractivity contribution in [3.63, 3.8) is 0 Å². The number of hydrazone groups is 1. The van der Waals surface area contributed by atoms with Crippen molar-refractivity contribution in [3.8, 4) is 34.3 Å². The van der Waals surface area contributed by atoms with Crippen LogP contribution in [0.2, 0.25) is 0 Å². The van der Waals surface area contributed by atoms with Gasteiger partial charge in [-0.1, -0.05) is 12.1 Å². The van der Waals surface area contributed by atoms with Crippen molar-refractivity contribution in [3.05, 3.63) is 47.3 Å². The van der Waals surface area contributed by atoms with E-state index in [4.69, 9.17) is 18.9 Å². The molecule has 0 spiro atoms. The molecular weight excluding hydrogens is 378 g/mol. The molecule has 0 amide bonds. The van der Waals surface area contributed by atoms with Crippen LogP contribution in [0.1, 0.15) is 5.56 Å². The fourth-order valence-electron chi connectivity index (χ4n) is 2.58. The van der Waals surface area contributed by atoms with Gasteiger partial charge in [0.05, 0.1) is 40.3 Å². The third kappa shape index (κ3) is 4.34. The molecule has 8 heteroatoms. The molecule has 1 aromatic heterocycles. The highest BCUT2D eigenvalue weighted by Gasteiger charge is 2.12. The van der Waals surface area contributed by atoms with Gasteiger partial charge in [-0.2, -0.15) is 5.10 Å². The molecule has 28 heavy (non-hydrogen) atoms. The van der Waals surface area contributed by atoms with Crippen LogP contribution in [0.15, 0.2) is 46.9 Å². The lowest BCUT2D eigenvalue weighted by Gasteiger charge is -2.12. The largest absolute Gasteiger partial charge is 0.497 e. The Hall–Kier alpha value is -3.26. The van der Waals surface area contributed by atoms with E-state index in [1.807, 2.05) is 41.8 Å². The normalized spacial score (nSPS) is 10.7. The lowest BCUT2D eigenvalue weighted by atomic mass is 10.2. The zero-order chi connectivity index (χ0) is 19.9. The molecule has 0 radical (unpaired) electrons. The third-order valence-electron chi connectivity index (χ3n) is 3.93. The van der Waals surface area contributed by atoms with Crippen molar-refractivity contribution >= 4 is 22.7 Å². The average molecular weight is 399 g/mol. The van der Waals surface area contributed by atoms with Crippen molar-refractivity contribution in [2.45, 2.75) is 0 Å². The highest BCUT2D eigenvalue weighted by molar-refractivity contribution is 7.14. The van der Waals surface area contributed by atoms with E-state index in [1.54, 1.807) is 34.7 Å². The number of rotatable bonds is 8. The van der Waals surface area contributed by atoms with Crippen LogP contribution < -0.4 is 24.4 Å². The van der Waals surface area contributed by atoms with Crippen molar-refractivity contribution in [1.29, 1.82) is 0 Å². The summed E-state index contributed by atoms with van der Waals surface area (Å²) in [5.74, 6) is 2.47. The number of nitrogens with one attached hydrogen (secondary N) is 1. The monoisotopic (exact) mass is 399 g/mol. The Morgan fingerprint density at radius 1 is 0.964 bits per heavy atom. The van der Waals surface area contributed by atoms with E-state index in [0.717, 1.165) is 22.6 Å². The van der Waals surface area contributed by atoms with Gasteiger partial charge in [0.25, 0.3) is 0 Å². The Morgan fingerprint density at radius 3 is 2.36 bits per heavy atom.